The van der Waals surface area contributed by atoms with Gasteiger partial charge in [-0.25, -0.2) is 0 Å². The van der Waals surface area contributed by atoms with E-state index in [-0.39, 0.29) is 58.0 Å². The van der Waals surface area contributed by atoms with Gasteiger partial charge < -0.3 is 5.11 Å². The van der Waals surface area contributed by atoms with E-state index in [9.17, 15) is 0 Å². The Kier molecular flexibility index (Phi) is 20.2. The summed E-state index contributed by atoms with van der Waals surface area (Å²) in [7, 11) is 0. The van der Waals surface area contributed by atoms with Crippen LogP contribution in [0.25, 0.3) is 0 Å². The van der Waals surface area contributed by atoms with E-state index in [1.807, 2.05) is 0 Å². The second kappa shape index (κ2) is 8.82. The van der Waals surface area contributed by atoms with E-state index < -0.39 is 0 Å². The van der Waals surface area contributed by atoms with Crippen LogP contribution < -0.4 is 0 Å². The Balaban J connectivity index is 0. The third-order valence-corrected chi connectivity index (χ3v) is 0. The molecule has 0 fully saturated rings. The maximum atomic E-state index is 7.57. The number of hydrogen-bond donors (Lipinski definition) is 1. The van der Waals surface area contributed by atoms with Gasteiger partial charge in [-0.15, -0.1) is 0 Å². The zero-order chi connectivity index (χ0) is 2.71. The summed E-state index contributed by atoms with van der Waals surface area (Å²) in [5.41, 5.74) is 0. The average Bonchev–Trinajstić information content (AvgIpc) is 0.918. The molecule has 0 atom stereocenters. The monoisotopic (exact) mass is 86.0 g/mol. The predicted molar refractivity (Wildman–Crippen MR) is 19.9 cm³/mol. The first-order chi connectivity index (χ1) is 1.41. The van der Waals surface area contributed by atoms with E-state index in [4.69, 9.17) is 5.11 Å². The summed E-state index contributed by atoms with van der Waals surface area (Å²) in [6.45, 7) is 1.93. The van der Waals surface area contributed by atoms with E-state index in [1.54, 1.807) is 6.92 Å². The molecule has 0 aromatic carbocycles. The number of rotatable bonds is 0. The van der Waals surface area contributed by atoms with Gasteiger partial charge in [0, 0.05) is 6.61 Å². The second-order valence-corrected chi connectivity index (χ2v) is 0.316. The minimum atomic E-state index is 0. The summed E-state index contributed by atoms with van der Waals surface area (Å²) >= 11 is 0. The molecule has 0 aliphatic rings. The van der Waals surface area contributed by atoms with Crippen molar-refractivity contribution >= 4 is 51.4 Å². The van der Waals surface area contributed by atoms with E-state index in [0.29, 0.717) is 0 Å². The maximum absolute atomic E-state index is 7.57. The molecular weight excluding hydrogens is 79.1 g/mol. The van der Waals surface area contributed by atoms with Crippen LogP contribution >= 0.6 is 0 Å². The fraction of sp³-hybridized carbons (Fsp3) is 1.00. The molecule has 0 unspecified atom stereocenters. The summed E-state index contributed by atoms with van der Waals surface area (Å²) in [5.74, 6) is 0. The van der Waals surface area contributed by atoms with Gasteiger partial charge in [-0.2, -0.15) is 0 Å². The van der Waals surface area contributed by atoms with Crippen molar-refractivity contribution in [3.05, 3.63) is 0 Å². The van der Waals surface area contributed by atoms with Crippen LogP contribution in [0.2, 0.25) is 0 Å². The van der Waals surface area contributed by atoms with Gasteiger partial charge in [0.15, 0.2) is 0 Å². The van der Waals surface area contributed by atoms with Gasteiger partial charge in [0.1, 0.15) is 0 Å². The van der Waals surface area contributed by atoms with Crippen LogP contribution in [-0.2, 0) is 0 Å². The fourth-order valence-corrected chi connectivity index (χ4v) is 0. The van der Waals surface area contributed by atoms with Crippen molar-refractivity contribution in [1.82, 2.24) is 0 Å². The van der Waals surface area contributed by atoms with Crippen LogP contribution in [0.15, 0.2) is 0 Å². The molecule has 0 amide bonds. The molecule has 0 rings (SSSR count). The van der Waals surface area contributed by atoms with Crippen molar-refractivity contribution < 1.29 is 5.11 Å². The molecule has 0 aliphatic heterocycles. The summed E-state index contributed by atoms with van der Waals surface area (Å²) in [5, 5.41) is 7.57. The standard InChI is InChI=1S/C2H6O.K.H/c1-2-3;;/h3H,2H2,1H3;;. The Labute approximate surface area is 68.8 Å². The van der Waals surface area contributed by atoms with Crippen LogP contribution in [0, 0.1) is 0 Å². The molecule has 1 nitrogen and oxygen atoms in total. The van der Waals surface area contributed by atoms with Gasteiger partial charge in [0.25, 0.3) is 0 Å². The predicted octanol–water partition coefficient (Wildman–Crippen LogP) is -0.650. The number of aliphatic hydroxyl groups is 1. The Morgan fingerprint density at radius 1 is 1.75 bits per heavy atom. The Bertz CT molecular complexity index is 6.00. The summed E-state index contributed by atoms with van der Waals surface area (Å²) in [4.78, 5) is 0. The van der Waals surface area contributed by atoms with Crippen LogP contribution in [0.4, 0.5) is 0 Å². The summed E-state index contributed by atoms with van der Waals surface area (Å²) in [6.07, 6.45) is 0. The summed E-state index contributed by atoms with van der Waals surface area (Å²) in [6, 6.07) is 0. The molecule has 0 saturated carbocycles. The molecule has 0 aromatic rings. The Morgan fingerprint density at radius 2 is 1.75 bits per heavy atom. The quantitative estimate of drug-likeness (QED) is 0.388. The van der Waals surface area contributed by atoms with Gasteiger partial charge in [0.2, 0.25) is 0 Å². The molecule has 0 radical (unpaired) electrons. The molecule has 0 bridgehead atoms. The average molecular weight is 86.2 g/mol. The first kappa shape index (κ1) is 9.14. The zero-order valence-electron chi connectivity index (χ0n) is 2.15. The molecule has 0 aromatic heterocycles. The van der Waals surface area contributed by atoms with Crippen LogP contribution in [0.1, 0.15) is 6.92 Å². The van der Waals surface area contributed by atoms with Crippen molar-refractivity contribution in [3.63, 3.8) is 0 Å². The number of hydrogen-bond acceptors (Lipinski definition) is 1. The normalized spacial score (nSPS) is 4.50. The third kappa shape index (κ3) is 9.51. The molecule has 22 valence electrons. The van der Waals surface area contributed by atoms with Crippen molar-refractivity contribution in [3.8, 4) is 0 Å². The van der Waals surface area contributed by atoms with Crippen LogP contribution in [-0.4, -0.2) is 63.1 Å². The molecule has 4 heavy (non-hydrogen) atoms. The van der Waals surface area contributed by atoms with Crippen molar-refractivity contribution in [1.29, 1.82) is 0 Å². The first-order valence-electron chi connectivity index (χ1n) is 1.02. The SMILES string of the molecule is CCO.[KH]. The molecule has 0 aliphatic carbocycles. The van der Waals surface area contributed by atoms with Gasteiger partial charge in [-0.3, -0.25) is 0 Å². The molecule has 0 spiro atoms. The van der Waals surface area contributed by atoms with Crippen LogP contribution in [0.5, 0.6) is 0 Å². The summed E-state index contributed by atoms with van der Waals surface area (Å²) < 4.78 is 0. The molecule has 0 heterocycles. The van der Waals surface area contributed by atoms with E-state index in [0.717, 1.165) is 0 Å². The topological polar surface area (TPSA) is 20.2 Å². The van der Waals surface area contributed by atoms with Gasteiger partial charge in [0.05, 0.1) is 0 Å². The first-order valence-corrected chi connectivity index (χ1v) is 1.02. The number of aliphatic hydroxyl groups excluding tert-OH is 1. The van der Waals surface area contributed by atoms with Crippen molar-refractivity contribution in [2.24, 2.45) is 0 Å². The minimum absolute atomic E-state index is 0. The van der Waals surface area contributed by atoms with Gasteiger partial charge in [-0.05, 0) is 6.92 Å². The zero-order valence-corrected chi connectivity index (χ0v) is 2.15. The van der Waals surface area contributed by atoms with Crippen LogP contribution in [0.3, 0.4) is 0 Å². The fourth-order valence-electron chi connectivity index (χ4n) is 0. The second-order valence-electron chi connectivity index (χ2n) is 0.316. The molecular formula is C2H7KO. The molecule has 0 saturated heterocycles. The van der Waals surface area contributed by atoms with Crippen molar-refractivity contribution in [2.45, 2.75) is 6.92 Å². The van der Waals surface area contributed by atoms with E-state index in [1.165, 1.54) is 0 Å². The molecule has 2 heteroatoms. The molecule has 1 N–H and O–H groups in total. The Hall–Kier alpha value is 1.60. The Morgan fingerprint density at radius 3 is 1.75 bits per heavy atom. The van der Waals surface area contributed by atoms with Gasteiger partial charge >= 0.3 is 51.4 Å². The van der Waals surface area contributed by atoms with E-state index >= 15 is 0 Å². The van der Waals surface area contributed by atoms with E-state index in [2.05, 4.69) is 0 Å². The van der Waals surface area contributed by atoms with Gasteiger partial charge in [-0.1, -0.05) is 0 Å². The van der Waals surface area contributed by atoms with Crippen molar-refractivity contribution in [2.75, 3.05) is 6.61 Å². The third-order valence-electron chi connectivity index (χ3n) is 0.